The zero-order valence-corrected chi connectivity index (χ0v) is 12.7. The van der Waals surface area contributed by atoms with Crippen molar-refractivity contribution in [3.63, 3.8) is 0 Å². The number of nitrogens with zero attached hydrogens (tertiary/aromatic N) is 3. The highest BCUT2D eigenvalue weighted by molar-refractivity contribution is 7.13. The molecule has 1 aliphatic heterocycles. The first-order valence-electron chi connectivity index (χ1n) is 7.31. The molecule has 1 aromatic rings. The first-order valence-corrected chi connectivity index (χ1v) is 8.13. The van der Waals surface area contributed by atoms with Gasteiger partial charge in [0, 0.05) is 32.2 Å². The SMILES string of the molecule is C#CCCC1(CCNC(=O)c2cnc(CC3CC3)s2)N=N1. The van der Waals surface area contributed by atoms with Crippen molar-refractivity contribution in [1.29, 1.82) is 0 Å². The van der Waals surface area contributed by atoms with E-state index in [1.54, 1.807) is 6.20 Å². The molecule has 2 aliphatic rings. The van der Waals surface area contributed by atoms with Crippen LogP contribution < -0.4 is 5.32 Å². The monoisotopic (exact) mass is 302 g/mol. The molecule has 1 amide bonds. The molecule has 0 bridgehead atoms. The maximum Gasteiger partial charge on any atom is 0.263 e. The van der Waals surface area contributed by atoms with E-state index in [0.29, 0.717) is 24.3 Å². The zero-order chi connectivity index (χ0) is 14.7. The zero-order valence-electron chi connectivity index (χ0n) is 11.8. The summed E-state index contributed by atoms with van der Waals surface area (Å²) in [4.78, 5) is 17.1. The van der Waals surface area contributed by atoms with Gasteiger partial charge >= 0.3 is 0 Å². The average molecular weight is 302 g/mol. The minimum atomic E-state index is -0.329. The smallest absolute Gasteiger partial charge is 0.263 e. The summed E-state index contributed by atoms with van der Waals surface area (Å²) in [5.41, 5.74) is -0.329. The quantitative estimate of drug-likeness (QED) is 0.750. The van der Waals surface area contributed by atoms with Gasteiger partial charge < -0.3 is 5.32 Å². The molecule has 3 rings (SSSR count). The number of aromatic nitrogens is 1. The lowest BCUT2D eigenvalue weighted by Gasteiger charge is -2.08. The van der Waals surface area contributed by atoms with Crippen LogP contribution in [0.25, 0.3) is 0 Å². The Hall–Kier alpha value is -1.74. The second-order valence-corrected chi connectivity index (χ2v) is 6.77. The van der Waals surface area contributed by atoms with Gasteiger partial charge in [-0.3, -0.25) is 4.79 Å². The summed E-state index contributed by atoms with van der Waals surface area (Å²) < 4.78 is 0. The van der Waals surface area contributed by atoms with Gasteiger partial charge in [-0.25, -0.2) is 4.98 Å². The Morgan fingerprint density at radius 3 is 2.95 bits per heavy atom. The second kappa shape index (κ2) is 5.94. The molecule has 1 N–H and O–H groups in total. The molecule has 0 radical (unpaired) electrons. The van der Waals surface area contributed by atoms with Gasteiger partial charge in [-0.2, -0.15) is 10.2 Å². The topological polar surface area (TPSA) is 66.7 Å². The molecule has 1 saturated carbocycles. The lowest BCUT2D eigenvalue weighted by atomic mass is 10.0. The number of hydrogen-bond donors (Lipinski definition) is 1. The molecule has 0 spiro atoms. The first-order chi connectivity index (χ1) is 10.2. The fraction of sp³-hybridized carbons (Fsp3) is 0.600. The van der Waals surface area contributed by atoms with Gasteiger partial charge in [-0.15, -0.1) is 23.7 Å². The summed E-state index contributed by atoms with van der Waals surface area (Å²) in [5, 5.41) is 12.1. The fourth-order valence-electron chi connectivity index (χ4n) is 2.21. The molecule has 110 valence electrons. The Morgan fingerprint density at radius 2 is 2.29 bits per heavy atom. The van der Waals surface area contributed by atoms with Crippen LogP contribution in [0.4, 0.5) is 0 Å². The van der Waals surface area contributed by atoms with E-state index in [1.807, 2.05) is 0 Å². The minimum absolute atomic E-state index is 0.0534. The largest absolute Gasteiger partial charge is 0.351 e. The Labute approximate surface area is 128 Å². The van der Waals surface area contributed by atoms with Crippen LogP contribution in [0.1, 0.15) is 46.8 Å². The van der Waals surface area contributed by atoms with Crippen LogP contribution in [0, 0.1) is 18.3 Å². The summed E-state index contributed by atoms with van der Waals surface area (Å²) in [6, 6.07) is 0. The molecule has 0 atom stereocenters. The van der Waals surface area contributed by atoms with E-state index in [1.165, 1.54) is 24.2 Å². The van der Waals surface area contributed by atoms with E-state index in [2.05, 4.69) is 26.4 Å². The fourth-order valence-corrected chi connectivity index (χ4v) is 3.16. The van der Waals surface area contributed by atoms with Crippen LogP contribution >= 0.6 is 11.3 Å². The van der Waals surface area contributed by atoms with E-state index in [-0.39, 0.29) is 11.6 Å². The van der Waals surface area contributed by atoms with Crippen LogP contribution in [-0.4, -0.2) is 23.1 Å². The predicted octanol–water partition coefficient (Wildman–Crippen LogP) is 2.79. The molecule has 1 aromatic heterocycles. The lowest BCUT2D eigenvalue weighted by molar-refractivity contribution is 0.0955. The van der Waals surface area contributed by atoms with Gasteiger partial charge in [0.25, 0.3) is 5.91 Å². The van der Waals surface area contributed by atoms with Gasteiger partial charge in [0.15, 0.2) is 5.66 Å². The van der Waals surface area contributed by atoms with Crippen LogP contribution in [0.3, 0.4) is 0 Å². The van der Waals surface area contributed by atoms with Crippen molar-refractivity contribution in [1.82, 2.24) is 10.3 Å². The molecule has 0 aromatic carbocycles. The third-order valence-corrected chi connectivity index (χ3v) is 4.82. The van der Waals surface area contributed by atoms with E-state index in [4.69, 9.17) is 6.42 Å². The van der Waals surface area contributed by atoms with Crippen molar-refractivity contribution in [2.75, 3.05) is 6.54 Å². The number of carbonyl (C=O) groups is 1. The van der Waals surface area contributed by atoms with Crippen LogP contribution in [-0.2, 0) is 6.42 Å². The molecular formula is C15H18N4OS. The van der Waals surface area contributed by atoms with Crippen LogP contribution in [0.5, 0.6) is 0 Å². The number of amides is 1. The number of hydrogen-bond acceptors (Lipinski definition) is 5. The van der Waals surface area contributed by atoms with Crippen LogP contribution in [0.15, 0.2) is 16.4 Å². The summed E-state index contributed by atoms with van der Waals surface area (Å²) in [5.74, 6) is 3.34. The van der Waals surface area contributed by atoms with E-state index in [9.17, 15) is 4.79 Å². The van der Waals surface area contributed by atoms with Crippen molar-refractivity contribution in [3.05, 3.63) is 16.1 Å². The highest BCUT2D eigenvalue weighted by Crippen LogP contribution is 2.36. The van der Waals surface area contributed by atoms with Crippen molar-refractivity contribution < 1.29 is 4.79 Å². The minimum Gasteiger partial charge on any atom is -0.351 e. The molecule has 1 aliphatic carbocycles. The summed E-state index contributed by atoms with van der Waals surface area (Å²) in [6.45, 7) is 0.562. The molecule has 2 heterocycles. The van der Waals surface area contributed by atoms with Crippen molar-refractivity contribution in [2.24, 2.45) is 16.1 Å². The standard InChI is InChI=1S/C15H18N4OS/c1-2-3-6-15(18-19-15)7-8-16-14(20)12-10-17-13(21-12)9-11-4-5-11/h1,10-11H,3-9H2,(H,16,20). The van der Waals surface area contributed by atoms with Crippen molar-refractivity contribution in [3.8, 4) is 12.3 Å². The number of carbonyl (C=O) groups excluding carboxylic acids is 1. The first kappa shape index (κ1) is 14.2. The van der Waals surface area contributed by atoms with Gasteiger partial charge in [-0.1, -0.05) is 0 Å². The van der Waals surface area contributed by atoms with Gasteiger partial charge in [0.2, 0.25) is 0 Å². The third-order valence-electron chi connectivity index (χ3n) is 3.80. The van der Waals surface area contributed by atoms with Crippen molar-refractivity contribution >= 4 is 17.2 Å². The summed E-state index contributed by atoms with van der Waals surface area (Å²) in [7, 11) is 0. The van der Waals surface area contributed by atoms with E-state index in [0.717, 1.165) is 23.8 Å². The summed E-state index contributed by atoms with van der Waals surface area (Å²) >= 11 is 1.50. The third kappa shape index (κ3) is 3.88. The second-order valence-electron chi connectivity index (χ2n) is 5.66. The Kier molecular flexibility index (Phi) is 4.02. The van der Waals surface area contributed by atoms with E-state index >= 15 is 0 Å². The highest BCUT2D eigenvalue weighted by Gasteiger charge is 2.38. The van der Waals surface area contributed by atoms with E-state index < -0.39 is 0 Å². The van der Waals surface area contributed by atoms with Gasteiger partial charge in [-0.05, 0) is 18.8 Å². The molecule has 5 nitrogen and oxygen atoms in total. The lowest BCUT2D eigenvalue weighted by Crippen LogP contribution is -2.27. The molecule has 0 unspecified atom stereocenters. The Bertz CT molecular complexity index is 591. The molecular weight excluding hydrogens is 284 g/mol. The summed E-state index contributed by atoms with van der Waals surface area (Å²) in [6.07, 6.45) is 12.7. The number of rotatable bonds is 8. The number of thiazole rings is 1. The van der Waals surface area contributed by atoms with Crippen molar-refractivity contribution in [2.45, 2.75) is 44.2 Å². The maximum absolute atomic E-state index is 12.0. The Morgan fingerprint density at radius 1 is 1.48 bits per heavy atom. The molecule has 6 heteroatoms. The molecule has 21 heavy (non-hydrogen) atoms. The number of terminal acetylenes is 1. The average Bonchev–Trinajstić information content (AvgIpc) is 3.38. The number of nitrogens with one attached hydrogen (secondary N) is 1. The van der Waals surface area contributed by atoms with Crippen LogP contribution in [0.2, 0.25) is 0 Å². The molecule has 0 saturated heterocycles. The normalized spacial score (nSPS) is 18.2. The highest BCUT2D eigenvalue weighted by atomic mass is 32.1. The predicted molar refractivity (Wildman–Crippen MR) is 81.1 cm³/mol. The Balaban J connectivity index is 1.41. The molecule has 1 fully saturated rings. The van der Waals surface area contributed by atoms with Gasteiger partial charge in [0.1, 0.15) is 4.88 Å². The maximum atomic E-state index is 12.0. The van der Waals surface area contributed by atoms with Gasteiger partial charge in [0.05, 0.1) is 11.2 Å².